The van der Waals surface area contributed by atoms with E-state index in [0.717, 1.165) is 24.1 Å². The minimum Gasteiger partial charge on any atom is -0.497 e. The Kier molecular flexibility index (Phi) is 6.69. The highest BCUT2D eigenvalue weighted by Gasteiger charge is 2.43. The smallest absolute Gasteiger partial charge is 0.338 e. The lowest BCUT2D eigenvalue weighted by Crippen LogP contribution is -2.38. The highest BCUT2D eigenvalue weighted by molar-refractivity contribution is 8.16. The van der Waals surface area contributed by atoms with Gasteiger partial charge < -0.3 is 24.4 Å². The third kappa shape index (κ3) is 4.88. The predicted molar refractivity (Wildman–Crippen MR) is 127 cm³/mol. The van der Waals surface area contributed by atoms with Gasteiger partial charge in [-0.2, -0.15) is 0 Å². The maximum Gasteiger partial charge on any atom is 0.338 e. The van der Waals surface area contributed by atoms with Gasteiger partial charge in [0.25, 0.3) is 0 Å². The molecule has 0 aromatic heterocycles. The van der Waals surface area contributed by atoms with E-state index in [0.29, 0.717) is 27.9 Å². The normalized spacial score (nSPS) is 19.7. The summed E-state index contributed by atoms with van der Waals surface area (Å²) in [6.07, 6.45) is 1.94. The molecule has 0 bridgehead atoms. The lowest BCUT2D eigenvalue weighted by molar-refractivity contribution is -0.143. The van der Waals surface area contributed by atoms with Crippen molar-refractivity contribution in [2.75, 3.05) is 14.2 Å². The summed E-state index contributed by atoms with van der Waals surface area (Å²) in [5.41, 5.74) is 2.49. The Morgan fingerprint density at radius 2 is 2.00 bits per heavy atom. The molecule has 1 aromatic carbocycles. The summed E-state index contributed by atoms with van der Waals surface area (Å²) in [6, 6.07) is 5.17. The Morgan fingerprint density at radius 3 is 2.64 bits per heavy atom. The first-order valence-corrected chi connectivity index (χ1v) is 11.9. The van der Waals surface area contributed by atoms with Crippen molar-refractivity contribution in [3.8, 4) is 11.5 Å². The van der Waals surface area contributed by atoms with Gasteiger partial charge >= 0.3 is 5.97 Å². The molecule has 1 aromatic rings. The standard InChI is InChI=1S/C24H29N3O5S/c1-13(2)32-23(29)21-14(3)25-24-27(16(12-33-24)10-20(28)26-15-6-7-15)22(21)18-11-17(30-4)8-9-19(18)31-5/h8-9,11-13,15,22H,6-7,10H2,1-5H3,(H,26,28)/t22-/m1/s1. The van der Waals surface area contributed by atoms with Crippen molar-refractivity contribution in [2.45, 2.75) is 58.2 Å². The van der Waals surface area contributed by atoms with Crippen molar-refractivity contribution in [3.63, 3.8) is 0 Å². The molecule has 9 heteroatoms. The van der Waals surface area contributed by atoms with Gasteiger partial charge in [0.05, 0.1) is 44.1 Å². The third-order valence-corrected chi connectivity index (χ3v) is 6.47. The highest BCUT2D eigenvalue weighted by Crippen LogP contribution is 2.47. The van der Waals surface area contributed by atoms with Crippen LogP contribution in [0.1, 0.15) is 51.6 Å². The van der Waals surface area contributed by atoms with E-state index in [1.807, 2.05) is 36.3 Å². The average Bonchev–Trinajstić information content (AvgIpc) is 3.50. The number of hydrogen-bond donors (Lipinski definition) is 1. The summed E-state index contributed by atoms with van der Waals surface area (Å²) in [7, 11) is 3.18. The predicted octanol–water partition coefficient (Wildman–Crippen LogP) is 3.90. The Morgan fingerprint density at radius 1 is 1.24 bits per heavy atom. The molecule has 1 amide bonds. The minimum absolute atomic E-state index is 0.0421. The van der Waals surface area contributed by atoms with Gasteiger partial charge in [0, 0.05) is 17.3 Å². The number of carbonyl (C=O) groups is 2. The summed E-state index contributed by atoms with van der Waals surface area (Å²) < 4.78 is 16.7. The largest absolute Gasteiger partial charge is 0.497 e. The fraction of sp³-hybridized carbons (Fsp3) is 0.458. The zero-order chi connectivity index (χ0) is 23.7. The molecule has 1 saturated carbocycles. The number of benzene rings is 1. The van der Waals surface area contributed by atoms with Gasteiger partial charge in [0.2, 0.25) is 5.91 Å². The van der Waals surface area contributed by atoms with Crippen LogP contribution in [0.5, 0.6) is 11.5 Å². The van der Waals surface area contributed by atoms with Gasteiger partial charge in [0.15, 0.2) is 5.17 Å². The zero-order valence-electron chi connectivity index (χ0n) is 19.5. The van der Waals surface area contributed by atoms with Gasteiger partial charge in [-0.1, -0.05) is 11.8 Å². The number of thioether (sulfide) groups is 1. The molecular formula is C24H29N3O5S. The summed E-state index contributed by atoms with van der Waals surface area (Å²) in [4.78, 5) is 32.5. The van der Waals surface area contributed by atoms with Crippen molar-refractivity contribution in [1.29, 1.82) is 0 Å². The van der Waals surface area contributed by atoms with Crippen molar-refractivity contribution >= 4 is 28.8 Å². The molecule has 2 aliphatic heterocycles. The number of rotatable bonds is 8. The van der Waals surface area contributed by atoms with Crippen molar-refractivity contribution in [1.82, 2.24) is 10.2 Å². The second kappa shape index (κ2) is 9.51. The molecule has 4 rings (SSSR count). The number of methoxy groups -OCH3 is 2. The van der Waals surface area contributed by atoms with E-state index in [4.69, 9.17) is 14.2 Å². The molecule has 8 nitrogen and oxygen atoms in total. The van der Waals surface area contributed by atoms with E-state index in [2.05, 4.69) is 10.3 Å². The summed E-state index contributed by atoms with van der Waals surface area (Å²) in [5.74, 6) is 0.745. The van der Waals surface area contributed by atoms with Gasteiger partial charge in [-0.15, -0.1) is 0 Å². The van der Waals surface area contributed by atoms with Crippen LogP contribution < -0.4 is 14.8 Å². The van der Waals surface area contributed by atoms with Crippen LogP contribution in [0.2, 0.25) is 0 Å². The topological polar surface area (TPSA) is 89.5 Å². The quantitative estimate of drug-likeness (QED) is 0.575. The van der Waals surface area contributed by atoms with Crippen LogP contribution in [0, 0.1) is 0 Å². The number of carbonyl (C=O) groups excluding carboxylic acids is 2. The minimum atomic E-state index is -0.580. The first-order valence-electron chi connectivity index (χ1n) is 11.0. The number of esters is 1. The van der Waals surface area contributed by atoms with Crippen LogP contribution >= 0.6 is 11.8 Å². The van der Waals surface area contributed by atoms with Crippen LogP contribution in [0.3, 0.4) is 0 Å². The number of ether oxygens (including phenoxy) is 3. The lowest BCUT2D eigenvalue weighted by Gasteiger charge is -2.37. The second-order valence-corrected chi connectivity index (χ2v) is 9.31. The molecule has 2 heterocycles. The molecule has 0 saturated heterocycles. The monoisotopic (exact) mass is 471 g/mol. The first-order chi connectivity index (χ1) is 15.8. The second-order valence-electron chi connectivity index (χ2n) is 8.47. The van der Waals surface area contributed by atoms with Gasteiger partial charge in [-0.3, -0.25) is 4.79 Å². The number of fused-ring (bicyclic) bond motifs is 1. The SMILES string of the molecule is COc1ccc(OC)c([C@@H]2C(C(=O)OC(C)C)=C(C)N=C3SC=C(CC(=O)NC4CC4)N32)c1. The Bertz CT molecular complexity index is 1060. The Labute approximate surface area is 198 Å². The third-order valence-electron chi connectivity index (χ3n) is 5.58. The van der Waals surface area contributed by atoms with Crippen LogP contribution in [-0.4, -0.2) is 48.3 Å². The van der Waals surface area contributed by atoms with Gasteiger partial charge in [-0.05, 0) is 57.2 Å². The molecule has 0 unspecified atom stereocenters. The molecule has 0 spiro atoms. The van der Waals surface area contributed by atoms with Crippen molar-refractivity contribution in [2.24, 2.45) is 4.99 Å². The fourth-order valence-corrected chi connectivity index (χ4v) is 4.89. The highest BCUT2D eigenvalue weighted by atomic mass is 32.2. The molecule has 1 atom stereocenters. The number of amides is 1. The van der Waals surface area contributed by atoms with Crippen LogP contribution in [0.15, 0.2) is 45.6 Å². The van der Waals surface area contributed by atoms with E-state index in [9.17, 15) is 9.59 Å². The zero-order valence-corrected chi connectivity index (χ0v) is 20.3. The number of nitrogens with one attached hydrogen (secondary N) is 1. The van der Waals surface area contributed by atoms with Crippen molar-refractivity contribution in [3.05, 3.63) is 46.1 Å². The van der Waals surface area contributed by atoms with E-state index >= 15 is 0 Å². The molecule has 0 radical (unpaired) electrons. The number of allylic oxidation sites excluding steroid dienone is 1. The fourth-order valence-electron chi connectivity index (χ4n) is 3.93. The lowest BCUT2D eigenvalue weighted by atomic mass is 9.92. The number of nitrogens with zero attached hydrogens (tertiary/aromatic N) is 2. The van der Waals surface area contributed by atoms with E-state index in [1.54, 1.807) is 27.2 Å². The summed E-state index contributed by atoms with van der Waals surface area (Å²) in [6.45, 7) is 5.43. The van der Waals surface area contributed by atoms with E-state index < -0.39 is 12.0 Å². The molecule has 176 valence electrons. The molecule has 33 heavy (non-hydrogen) atoms. The number of aliphatic imine (C=N–C) groups is 1. The molecule has 1 aliphatic carbocycles. The summed E-state index contributed by atoms with van der Waals surface area (Å²) in [5, 5.41) is 5.67. The molecule has 3 aliphatic rings. The van der Waals surface area contributed by atoms with Crippen LogP contribution in [0.25, 0.3) is 0 Å². The molecule has 1 fully saturated rings. The molecular weight excluding hydrogens is 442 g/mol. The maximum absolute atomic E-state index is 13.3. The van der Waals surface area contributed by atoms with Gasteiger partial charge in [0.1, 0.15) is 11.5 Å². The molecule has 1 N–H and O–H groups in total. The first kappa shape index (κ1) is 23.2. The van der Waals surface area contributed by atoms with Gasteiger partial charge in [-0.25, -0.2) is 9.79 Å². The Hall–Kier alpha value is -2.94. The van der Waals surface area contributed by atoms with Crippen molar-refractivity contribution < 1.29 is 23.8 Å². The maximum atomic E-state index is 13.3. The number of hydrogen-bond acceptors (Lipinski definition) is 8. The van der Waals surface area contributed by atoms with E-state index in [1.165, 1.54) is 11.8 Å². The Balaban J connectivity index is 1.79. The number of amidine groups is 1. The summed E-state index contributed by atoms with van der Waals surface area (Å²) >= 11 is 1.44. The van der Waals surface area contributed by atoms with Crippen LogP contribution in [-0.2, 0) is 14.3 Å². The average molecular weight is 472 g/mol. The van der Waals surface area contributed by atoms with E-state index in [-0.39, 0.29) is 24.5 Å². The van der Waals surface area contributed by atoms with Crippen LogP contribution in [0.4, 0.5) is 0 Å².